The number of benzene rings is 1. The van der Waals surface area contributed by atoms with E-state index < -0.39 is 0 Å². The van der Waals surface area contributed by atoms with Crippen LogP contribution in [0.4, 0.5) is 10.0 Å². The largest absolute Gasteiger partial charge is 0.361 e. The number of fused-ring (bicyclic) bond motifs is 2. The maximum absolute atomic E-state index is 4.82. The van der Waals surface area contributed by atoms with Crippen molar-refractivity contribution < 1.29 is 0 Å². The molecule has 1 fully saturated rings. The van der Waals surface area contributed by atoms with Gasteiger partial charge in [-0.25, -0.2) is 4.99 Å². The smallest absolute Gasteiger partial charge is 0.123 e. The molecule has 5 heteroatoms. The van der Waals surface area contributed by atoms with Gasteiger partial charge in [0.05, 0.1) is 22.3 Å². The Morgan fingerprint density at radius 2 is 1.81 bits per heavy atom. The summed E-state index contributed by atoms with van der Waals surface area (Å²) in [6, 6.07) is 10.4. The van der Waals surface area contributed by atoms with E-state index in [9.17, 15) is 0 Å². The summed E-state index contributed by atoms with van der Waals surface area (Å²) < 4.78 is 0. The van der Waals surface area contributed by atoms with Crippen LogP contribution in [-0.4, -0.2) is 38.1 Å². The molecule has 1 saturated heterocycles. The Morgan fingerprint density at radius 1 is 1.05 bits per heavy atom. The van der Waals surface area contributed by atoms with Crippen LogP contribution in [0.2, 0.25) is 0 Å². The summed E-state index contributed by atoms with van der Waals surface area (Å²) in [6.07, 6.45) is 0. The van der Waals surface area contributed by atoms with Crippen molar-refractivity contribution >= 4 is 21.3 Å². The molecule has 0 unspecified atom stereocenters. The lowest BCUT2D eigenvalue weighted by molar-refractivity contribution is 0.313. The van der Waals surface area contributed by atoms with E-state index in [2.05, 4.69) is 27.9 Å². The van der Waals surface area contributed by atoms with Crippen LogP contribution >= 0.6 is 11.3 Å². The Bertz CT molecular complexity index is 772. The first-order chi connectivity index (χ1) is 10.3. The number of thiophene rings is 1. The molecule has 21 heavy (non-hydrogen) atoms. The number of likely N-dealkylation sites (N-methyl/N-ethyl adjacent to an activating group) is 1. The molecule has 2 aromatic rings. The minimum atomic E-state index is 0.736. The van der Waals surface area contributed by atoms with Gasteiger partial charge in [0.15, 0.2) is 0 Å². The monoisotopic (exact) mass is 298 g/mol. The maximum atomic E-state index is 4.82. The first-order valence-corrected chi connectivity index (χ1v) is 8.16. The van der Waals surface area contributed by atoms with Crippen LogP contribution in [0.5, 0.6) is 0 Å². The van der Waals surface area contributed by atoms with Crippen molar-refractivity contribution in [1.29, 1.82) is 0 Å². The summed E-state index contributed by atoms with van der Waals surface area (Å²) in [7, 11) is 2.19. The number of hydrogen-bond donors (Lipinski definition) is 0. The molecule has 0 bridgehead atoms. The number of hydrogen-bond acceptors (Lipinski definition) is 5. The molecule has 2 aliphatic heterocycles. The second-order valence-corrected chi connectivity index (χ2v) is 6.63. The third-order valence-electron chi connectivity index (χ3n) is 4.11. The van der Waals surface area contributed by atoms with Crippen LogP contribution in [0.15, 0.2) is 40.3 Å². The SMILES string of the molecule is CN1CCN(c2cc3c(s2)N=c2ccccc2=NC3)CC1. The Kier molecular flexibility index (Phi) is 3.24. The molecule has 2 aliphatic rings. The van der Waals surface area contributed by atoms with Gasteiger partial charge in [0.1, 0.15) is 5.00 Å². The zero-order valence-electron chi connectivity index (χ0n) is 12.1. The van der Waals surface area contributed by atoms with Gasteiger partial charge in [-0.2, -0.15) is 0 Å². The molecule has 0 spiro atoms. The lowest BCUT2D eigenvalue weighted by Gasteiger charge is -2.32. The van der Waals surface area contributed by atoms with Crippen LogP contribution in [0.3, 0.4) is 0 Å². The molecule has 0 amide bonds. The number of para-hydroxylation sites is 2. The number of rotatable bonds is 1. The molecule has 4 nitrogen and oxygen atoms in total. The second kappa shape index (κ2) is 5.24. The summed E-state index contributed by atoms with van der Waals surface area (Å²) in [5.74, 6) is 0. The second-order valence-electron chi connectivity index (χ2n) is 5.62. The van der Waals surface area contributed by atoms with Crippen molar-refractivity contribution in [1.82, 2.24) is 4.90 Å². The van der Waals surface area contributed by atoms with Crippen LogP contribution in [0, 0.1) is 0 Å². The fourth-order valence-electron chi connectivity index (χ4n) is 2.77. The normalized spacial score (nSPS) is 18.2. The third-order valence-corrected chi connectivity index (χ3v) is 5.24. The molecule has 4 rings (SSSR count). The van der Waals surface area contributed by atoms with Gasteiger partial charge in [0.2, 0.25) is 0 Å². The van der Waals surface area contributed by atoms with Gasteiger partial charge in [0, 0.05) is 31.7 Å². The Hall–Kier alpha value is -1.72. The molecule has 1 aromatic heterocycles. The number of nitrogens with zero attached hydrogens (tertiary/aromatic N) is 4. The van der Waals surface area contributed by atoms with Gasteiger partial charge in [-0.1, -0.05) is 23.5 Å². The van der Waals surface area contributed by atoms with Gasteiger partial charge in [0.25, 0.3) is 0 Å². The van der Waals surface area contributed by atoms with E-state index in [-0.39, 0.29) is 0 Å². The zero-order chi connectivity index (χ0) is 14.2. The molecule has 0 N–H and O–H groups in total. The lowest BCUT2D eigenvalue weighted by Crippen LogP contribution is -2.44. The van der Waals surface area contributed by atoms with Crippen molar-refractivity contribution in [3.8, 4) is 0 Å². The Labute approximate surface area is 128 Å². The highest BCUT2D eigenvalue weighted by molar-refractivity contribution is 7.19. The quantitative estimate of drug-likeness (QED) is 0.800. The van der Waals surface area contributed by atoms with Gasteiger partial charge < -0.3 is 9.80 Å². The van der Waals surface area contributed by atoms with E-state index in [0.29, 0.717) is 0 Å². The summed E-state index contributed by atoms with van der Waals surface area (Å²) >= 11 is 1.80. The Morgan fingerprint density at radius 3 is 2.62 bits per heavy atom. The van der Waals surface area contributed by atoms with E-state index in [1.807, 2.05) is 24.3 Å². The van der Waals surface area contributed by atoms with Gasteiger partial charge in [-0.3, -0.25) is 4.99 Å². The summed E-state index contributed by atoms with van der Waals surface area (Å²) in [6.45, 7) is 5.20. The number of piperazine rings is 1. The fraction of sp³-hybridized carbons (Fsp3) is 0.375. The van der Waals surface area contributed by atoms with Crippen LogP contribution in [-0.2, 0) is 6.54 Å². The van der Waals surface area contributed by atoms with E-state index in [1.54, 1.807) is 11.3 Å². The molecular weight excluding hydrogens is 280 g/mol. The van der Waals surface area contributed by atoms with Crippen LogP contribution < -0.4 is 15.6 Å². The predicted molar refractivity (Wildman–Crippen MR) is 86.1 cm³/mol. The summed E-state index contributed by atoms with van der Waals surface area (Å²) in [4.78, 5) is 14.4. The zero-order valence-corrected chi connectivity index (χ0v) is 12.9. The summed E-state index contributed by atoms with van der Waals surface area (Å²) in [5, 5.41) is 4.45. The van der Waals surface area contributed by atoms with Gasteiger partial charge >= 0.3 is 0 Å². The Balaban J connectivity index is 1.70. The molecule has 0 radical (unpaired) electrons. The highest BCUT2D eigenvalue weighted by atomic mass is 32.1. The van der Waals surface area contributed by atoms with Crippen LogP contribution in [0.25, 0.3) is 0 Å². The maximum Gasteiger partial charge on any atom is 0.123 e. The van der Waals surface area contributed by atoms with E-state index in [4.69, 9.17) is 4.99 Å². The molecule has 0 saturated carbocycles. The molecular formula is C16H18N4S. The predicted octanol–water partition coefficient (Wildman–Crippen LogP) is 1.58. The van der Waals surface area contributed by atoms with E-state index in [0.717, 1.165) is 48.4 Å². The molecule has 3 heterocycles. The van der Waals surface area contributed by atoms with Crippen LogP contribution in [0.1, 0.15) is 5.56 Å². The average Bonchev–Trinajstić information content (AvgIpc) is 2.82. The first-order valence-electron chi connectivity index (χ1n) is 7.34. The standard InChI is InChI=1S/C16H18N4S/c1-19-6-8-20(9-7-19)15-10-12-11-17-13-4-2-3-5-14(13)18-16(12)21-15/h2-5,10H,6-9,11H2,1H3. The van der Waals surface area contributed by atoms with Crippen molar-refractivity contribution in [2.45, 2.75) is 6.54 Å². The third kappa shape index (κ3) is 2.47. The van der Waals surface area contributed by atoms with Crippen molar-refractivity contribution in [2.75, 3.05) is 38.1 Å². The molecule has 0 atom stereocenters. The first kappa shape index (κ1) is 13.0. The van der Waals surface area contributed by atoms with Crippen molar-refractivity contribution in [3.05, 3.63) is 46.6 Å². The van der Waals surface area contributed by atoms with E-state index >= 15 is 0 Å². The molecule has 108 valence electrons. The van der Waals surface area contributed by atoms with Crippen molar-refractivity contribution in [3.63, 3.8) is 0 Å². The van der Waals surface area contributed by atoms with Gasteiger partial charge in [-0.05, 0) is 25.2 Å². The lowest BCUT2D eigenvalue weighted by atomic mass is 10.3. The highest BCUT2D eigenvalue weighted by Crippen LogP contribution is 2.37. The minimum Gasteiger partial charge on any atom is -0.361 e. The topological polar surface area (TPSA) is 31.2 Å². The number of anilines is 1. The minimum absolute atomic E-state index is 0.736. The van der Waals surface area contributed by atoms with Gasteiger partial charge in [-0.15, -0.1) is 0 Å². The highest BCUT2D eigenvalue weighted by Gasteiger charge is 2.18. The molecule has 1 aromatic carbocycles. The average molecular weight is 298 g/mol. The summed E-state index contributed by atoms with van der Waals surface area (Å²) in [5.41, 5.74) is 1.25. The fourth-order valence-corrected chi connectivity index (χ4v) is 3.88. The van der Waals surface area contributed by atoms with Crippen molar-refractivity contribution in [2.24, 2.45) is 9.98 Å². The van der Waals surface area contributed by atoms with E-state index in [1.165, 1.54) is 10.6 Å². The molecule has 0 aliphatic carbocycles.